The highest BCUT2D eigenvalue weighted by atomic mass is 19.4. The molecule has 1 unspecified atom stereocenters. The molecule has 1 N–H and O–H groups in total. The number of aromatic nitrogens is 4. The highest BCUT2D eigenvalue weighted by Crippen LogP contribution is 2.34. The second-order valence-electron chi connectivity index (χ2n) is 7.23. The molecule has 0 saturated heterocycles. The lowest BCUT2D eigenvalue weighted by molar-refractivity contribution is -0.138. The molecule has 0 amide bonds. The molecule has 1 aliphatic rings. The fourth-order valence-corrected chi connectivity index (χ4v) is 3.85. The minimum atomic E-state index is -4.44. The third-order valence-corrected chi connectivity index (χ3v) is 5.14. The monoisotopic (exact) mass is 389 g/mol. The van der Waals surface area contributed by atoms with Crippen molar-refractivity contribution in [2.24, 2.45) is 0 Å². The first-order valence-corrected chi connectivity index (χ1v) is 9.31. The van der Waals surface area contributed by atoms with Crippen LogP contribution >= 0.6 is 0 Å². The summed E-state index contributed by atoms with van der Waals surface area (Å²) in [5, 5.41) is 7.56. The molecule has 8 heteroatoms. The van der Waals surface area contributed by atoms with E-state index in [-0.39, 0.29) is 18.2 Å². The smallest absolute Gasteiger partial charge is 0.334 e. The second-order valence-corrected chi connectivity index (χ2v) is 7.23. The lowest BCUT2D eigenvalue weighted by Crippen LogP contribution is -2.28. The lowest BCUT2D eigenvalue weighted by Gasteiger charge is -2.25. The average molecular weight is 389 g/mol. The first kappa shape index (κ1) is 18.7. The molecule has 0 saturated carbocycles. The van der Waals surface area contributed by atoms with Crippen molar-refractivity contribution in [3.05, 3.63) is 65.0 Å². The maximum atomic E-state index is 13.7. The molecule has 1 aliphatic heterocycles. The Balaban J connectivity index is 1.61. The number of halogens is 3. The number of hydrogen-bond acceptors (Lipinski definition) is 3. The van der Waals surface area contributed by atoms with Crippen molar-refractivity contribution in [3.63, 3.8) is 0 Å². The van der Waals surface area contributed by atoms with E-state index in [2.05, 4.69) is 20.0 Å². The summed E-state index contributed by atoms with van der Waals surface area (Å²) in [7, 11) is 0. The zero-order valence-corrected chi connectivity index (χ0v) is 15.8. The largest absolute Gasteiger partial charge is 0.416 e. The van der Waals surface area contributed by atoms with Crippen molar-refractivity contribution in [1.29, 1.82) is 0 Å². The van der Waals surface area contributed by atoms with Crippen LogP contribution in [0.5, 0.6) is 0 Å². The highest BCUT2D eigenvalue weighted by molar-refractivity contribution is 5.43. The van der Waals surface area contributed by atoms with E-state index in [4.69, 9.17) is 0 Å². The summed E-state index contributed by atoms with van der Waals surface area (Å²) in [4.78, 5) is 4.35. The summed E-state index contributed by atoms with van der Waals surface area (Å²) < 4.78 is 44.8. The predicted octanol–water partition coefficient (Wildman–Crippen LogP) is 4.33. The number of nitrogens with one attached hydrogen (secondary N) is 1. The zero-order chi connectivity index (χ0) is 19.9. The number of nitrogens with zero attached hydrogens (tertiary/aromatic N) is 4. The van der Waals surface area contributed by atoms with Gasteiger partial charge in [-0.2, -0.15) is 18.3 Å². The van der Waals surface area contributed by atoms with E-state index in [0.29, 0.717) is 5.69 Å². The Kier molecular flexibility index (Phi) is 4.74. The summed E-state index contributed by atoms with van der Waals surface area (Å²) in [6.45, 7) is 4.68. The molecule has 0 bridgehead atoms. The van der Waals surface area contributed by atoms with Crippen molar-refractivity contribution in [1.82, 2.24) is 24.6 Å². The minimum Gasteiger partial charge on any atom is -0.334 e. The van der Waals surface area contributed by atoms with Gasteiger partial charge in [-0.25, -0.2) is 9.67 Å². The third-order valence-electron chi connectivity index (χ3n) is 5.14. The van der Waals surface area contributed by atoms with Gasteiger partial charge >= 0.3 is 6.18 Å². The SMILES string of the molecule is Cc1cc(C)n(-c2ccc(CNC3CCCn4ccnc43)c(C(F)(F)F)c2)n1. The number of alkyl halides is 3. The Labute approximate surface area is 161 Å². The van der Waals surface area contributed by atoms with Crippen molar-refractivity contribution < 1.29 is 13.2 Å². The molecule has 1 atom stereocenters. The molecule has 2 aromatic heterocycles. The van der Waals surface area contributed by atoms with Gasteiger partial charge in [0.05, 0.1) is 23.0 Å². The summed E-state index contributed by atoms with van der Waals surface area (Å²) in [6.07, 6.45) is 1.05. The topological polar surface area (TPSA) is 47.7 Å². The molecule has 0 fully saturated rings. The Morgan fingerprint density at radius 2 is 2.04 bits per heavy atom. The fourth-order valence-electron chi connectivity index (χ4n) is 3.85. The van der Waals surface area contributed by atoms with Crippen molar-refractivity contribution >= 4 is 0 Å². The van der Waals surface area contributed by atoms with Crippen LogP contribution in [0, 0.1) is 13.8 Å². The molecule has 3 heterocycles. The molecule has 148 valence electrons. The van der Waals surface area contributed by atoms with Gasteiger partial charge in [-0.05, 0) is 50.5 Å². The van der Waals surface area contributed by atoms with Gasteiger partial charge in [-0.3, -0.25) is 0 Å². The van der Waals surface area contributed by atoms with Crippen LogP contribution in [0.2, 0.25) is 0 Å². The van der Waals surface area contributed by atoms with Crippen molar-refractivity contribution in [2.75, 3.05) is 0 Å². The molecule has 5 nitrogen and oxygen atoms in total. The number of imidazole rings is 1. The number of fused-ring (bicyclic) bond motifs is 1. The molecule has 28 heavy (non-hydrogen) atoms. The standard InChI is InChI=1S/C20H22F3N5/c1-13-10-14(2)28(26-13)16-6-5-15(17(11-16)20(21,22)23)12-25-18-4-3-8-27-9-7-24-19(18)27/h5-7,9-11,18,25H,3-4,8,12H2,1-2H3. The molecule has 0 radical (unpaired) electrons. The van der Waals surface area contributed by atoms with Crippen LogP contribution in [0.15, 0.2) is 36.7 Å². The lowest BCUT2D eigenvalue weighted by atomic mass is 10.0. The summed E-state index contributed by atoms with van der Waals surface area (Å²) in [6, 6.07) is 6.21. The minimum absolute atomic E-state index is 0.0412. The van der Waals surface area contributed by atoms with Crippen LogP contribution in [0.1, 0.15) is 47.2 Å². The van der Waals surface area contributed by atoms with Crippen LogP contribution in [0.4, 0.5) is 13.2 Å². The molecule has 1 aromatic carbocycles. The maximum Gasteiger partial charge on any atom is 0.416 e. The van der Waals surface area contributed by atoms with E-state index < -0.39 is 11.7 Å². The maximum absolute atomic E-state index is 13.7. The van der Waals surface area contributed by atoms with Gasteiger partial charge in [-0.1, -0.05) is 6.07 Å². The summed E-state index contributed by atoms with van der Waals surface area (Å²) >= 11 is 0. The number of aryl methyl sites for hydroxylation is 3. The Bertz CT molecular complexity index is 986. The van der Waals surface area contributed by atoms with E-state index in [1.54, 1.807) is 16.9 Å². The number of benzene rings is 1. The molecular weight excluding hydrogens is 367 g/mol. The van der Waals surface area contributed by atoms with Crippen LogP contribution in [0.3, 0.4) is 0 Å². The van der Waals surface area contributed by atoms with E-state index in [1.165, 1.54) is 12.1 Å². The molecule has 0 aliphatic carbocycles. The molecular formula is C20H22F3N5. The van der Waals surface area contributed by atoms with Crippen LogP contribution in [-0.2, 0) is 19.3 Å². The molecule has 4 rings (SSSR count). The fraction of sp³-hybridized carbons (Fsp3) is 0.400. The van der Waals surface area contributed by atoms with Crippen molar-refractivity contribution in [2.45, 2.75) is 52.0 Å². The summed E-state index contributed by atoms with van der Waals surface area (Å²) in [5.74, 6) is 0.888. The van der Waals surface area contributed by atoms with E-state index in [0.717, 1.165) is 36.6 Å². The second kappa shape index (κ2) is 7.09. The van der Waals surface area contributed by atoms with Gasteiger partial charge in [0.1, 0.15) is 5.82 Å². The van der Waals surface area contributed by atoms with Crippen LogP contribution < -0.4 is 5.32 Å². The average Bonchev–Trinajstić information content (AvgIpc) is 3.25. The van der Waals surface area contributed by atoms with Gasteiger partial charge < -0.3 is 9.88 Å². The number of hydrogen-bond donors (Lipinski definition) is 1. The van der Waals surface area contributed by atoms with Gasteiger partial charge in [0, 0.05) is 31.2 Å². The highest BCUT2D eigenvalue weighted by Gasteiger charge is 2.34. The van der Waals surface area contributed by atoms with Crippen LogP contribution in [0.25, 0.3) is 5.69 Å². The predicted molar refractivity (Wildman–Crippen MR) is 99.1 cm³/mol. The van der Waals surface area contributed by atoms with Gasteiger partial charge in [-0.15, -0.1) is 0 Å². The summed E-state index contributed by atoms with van der Waals surface area (Å²) in [5.41, 5.74) is 1.57. The third kappa shape index (κ3) is 3.56. The van der Waals surface area contributed by atoms with E-state index in [9.17, 15) is 13.2 Å². The molecule has 3 aromatic rings. The van der Waals surface area contributed by atoms with E-state index in [1.807, 2.05) is 26.1 Å². The van der Waals surface area contributed by atoms with E-state index >= 15 is 0 Å². The first-order chi connectivity index (χ1) is 13.3. The zero-order valence-electron chi connectivity index (χ0n) is 15.8. The van der Waals surface area contributed by atoms with Gasteiger partial charge in [0.25, 0.3) is 0 Å². The molecule has 0 spiro atoms. The number of rotatable bonds is 4. The normalized spacial score (nSPS) is 17.0. The van der Waals surface area contributed by atoms with Crippen LogP contribution in [-0.4, -0.2) is 19.3 Å². The first-order valence-electron chi connectivity index (χ1n) is 9.31. The van der Waals surface area contributed by atoms with Gasteiger partial charge in [0.2, 0.25) is 0 Å². The quantitative estimate of drug-likeness (QED) is 0.723. The Morgan fingerprint density at radius 3 is 2.75 bits per heavy atom. The Hall–Kier alpha value is -2.61. The Morgan fingerprint density at radius 1 is 1.21 bits per heavy atom. The van der Waals surface area contributed by atoms with Crippen molar-refractivity contribution in [3.8, 4) is 5.69 Å². The van der Waals surface area contributed by atoms with Gasteiger partial charge in [0.15, 0.2) is 0 Å².